The van der Waals surface area contributed by atoms with E-state index in [1.807, 2.05) is 6.92 Å². The molecule has 7 nitrogen and oxygen atoms in total. The van der Waals surface area contributed by atoms with Crippen molar-refractivity contribution in [2.24, 2.45) is 5.92 Å². The minimum atomic E-state index is -0.718. The number of methoxy groups -OCH3 is 1. The third-order valence-corrected chi connectivity index (χ3v) is 3.15. The van der Waals surface area contributed by atoms with Gasteiger partial charge in [-0.1, -0.05) is 6.92 Å². The maximum absolute atomic E-state index is 11.7. The highest BCUT2D eigenvalue weighted by Crippen LogP contribution is 2.33. The normalized spacial score (nSPS) is 31.4. The Morgan fingerprint density at radius 2 is 2.22 bits per heavy atom. The van der Waals surface area contributed by atoms with Gasteiger partial charge in [0.05, 0.1) is 0 Å². The molecule has 1 aromatic heterocycles. The molecule has 1 saturated heterocycles. The monoisotopic (exact) mass is 254 g/mol. The molecule has 1 aliphatic rings. The third kappa shape index (κ3) is 2.02. The molecule has 0 aromatic carbocycles. The lowest BCUT2D eigenvalue weighted by molar-refractivity contribution is -0.121. The van der Waals surface area contributed by atoms with E-state index in [4.69, 9.17) is 9.47 Å². The fraction of sp³-hybridized carbons (Fsp3) is 0.545. The molecule has 0 bridgehead atoms. The highest BCUT2D eigenvalue weighted by atomic mass is 16.6. The fourth-order valence-corrected chi connectivity index (χ4v) is 2.15. The van der Waals surface area contributed by atoms with Crippen LogP contribution in [-0.4, -0.2) is 35.2 Å². The summed E-state index contributed by atoms with van der Waals surface area (Å²) in [6.07, 6.45) is 0.248. The van der Waals surface area contributed by atoms with Crippen molar-refractivity contribution in [3.8, 4) is 0 Å². The van der Waals surface area contributed by atoms with Crippen LogP contribution in [0.3, 0.4) is 0 Å². The summed E-state index contributed by atoms with van der Waals surface area (Å²) in [7, 11) is 1.49. The number of hydrogen-bond donors (Lipinski definition) is 1. The highest BCUT2D eigenvalue weighted by molar-refractivity contribution is 5.57. The molecule has 1 aliphatic heterocycles. The van der Waals surface area contributed by atoms with Gasteiger partial charge in [0.1, 0.15) is 18.5 Å². The molecule has 2 rings (SSSR count). The van der Waals surface area contributed by atoms with Gasteiger partial charge in [-0.25, -0.2) is 4.79 Å². The van der Waals surface area contributed by atoms with Crippen LogP contribution >= 0.6 is 0 Å². The topological polar surface area (TPSA) is 90.4 Å². The lowest BCUT2D eigenvalue weighted by atomic mass is 10.0. The summed E-state index contributed by atoms with van der Waals surface area (Å²) in [4.78, 5) is 35.7. The molecule has 1 aromatic rings. The van der Waals surface area contributed by atoms with Crippen LogP contribution in [0.5, 0.6) is 0 Å². The van der Waals surface area contributed by atoms with E-state index in [9.17, 15) is 14.4 Å². The van der Waals surface area contributed by atoms with E-state index in [0.29, 0.717) is 6.29 Å². The Balaban J connectivity index is 2.40. The zero-order chi connectivity index (χ0) is 13.3. The number of aromatic nitrogens is 2. The fourth-order valence-electron chi connectivity index (χ4n) is 2.15. The second-order valence-electron chi connectivity index (χ2n) is 4.20. The minimum absolute atomic E-state index is 0.170. The van der Waals surface area contributed by atoms with Crippen LogP contribution in [0, 0.1) is 5.92 Å². The summed E-state index contributed by atoms with van der Waals surface area (Å²) in [6, 6.07) is 1.22. The number of nitrogens with one attached hydrogen (secondary N) is 1. The van der Waals surface area contributed by atoms with Crippen molar-refractivity contribution in [2.45, 2.75) is 25.4 Å². The number of carbonyl (C=O) groups excluding carboxylic acids is 1. The molecule has 4 atom stereocenters. The molecule has 7 heteroatoms. The molecule has 0 aliphatic carbocycles. The van der Waals surface area contributed by atoms with Gasteiger partial charge in [-0.3, -0.25) is 14.3 Å². The number of aromatic amines is 1. The van der Waals surface area contributed by atoms with E-state index in [0.717, 1.165) is 0 Å². The van der Waals surface area contributed by atoms with Crippen LogP contribution < -0.4 is 11.2 Å². The molecular weight excluding hydrogens is 240 g/mol. The van der Waals surface area contributed by atoms with Crippen LogP contribution in [0.15, 0.2) is 21.9 Å². The summed E-state index contributed by atoms with van der Waals surface area (Å²) in [5.41, 5.74) is -1.07. The van der Waals surface area contributed by atoms with E-state index in [1.165, 1.54) is 23.9 Å². The number of hydrogen-bond acceptors (Lipinski definition) is 5. The van der Waals surface area contributed by atoms with Gasteiger partial charge in [-0.2, -0.15) is 0 Å². The first-order valence-electron chi connectivity index (χ1n) is 5.53. The number of rotatable bonds is 3. The lowest BCUT2D eigenvalue weighted by Gasteiger charge is -2.20. The van der Waals surface area contributed by atoms with Gasteiger partial charge < -0.3 is 14.3 Å². The Morgan fingerprint density at radius 1 is 1.50 bits per heavy atom. The van der Waals surface area contributed by atoms with Crippen LogP contribution in [-0.2, 0) is 14.3 Å². The Morgan fingerprint density at radius 3 is 2.78 bits per heavy atom. The quantitative estimate of drug-likeness (QED) is 0.719. The van der Waals surface area contributed by atoms with Crippen LogP contribution in [0.1, 0.15) is 13.2 Å². The molecule has 0 spiro atoms. The zero-order valence-corrected chi connectivity index (χ0v) is 10.0. The first kappa shape index (κ1) is 12.7. The van der Waals surface area contributed by atoms with E-state index >= 15 is 0 Å². The zero-order valence-electron chi connectivity index (χ0n) is 10.0. The molecule has 2 heterocycles. The molecule has 1 unspecified atom stereocenters. The number of H-pyrrole nitrogens is 1. The standard InChI is InChI=1S/C11H14N2O5/c1-6-7(5-14)18-10(9(6)17-2)13-4-3-8(15)12-11(13)16/h3-7,9-10H,1-2H3,(H,12,15,16)/t6?,7-,9+,10-/m1/s1. The molecule has 1 fully saturated rings. The Bertz CT molecular complexity index is 549. The summed E-state index contributed by atoms with van der Waals surface area (Å²) >= 11 is 0. The Kier molecular flexibility index (Phi) is 3.44. The van der Waals surface area contributed by atoms with Crippen molar-refractivity contribution in [3.05, 3.63) is 33.1 Å². The smallest absolute Gasteiger partial charge is 0.330 e. The largest absolute Gasteiger partial charge is 0.376 e. The predicted octanol–water partition coefficient (Wildman–Crippen LogP) is -0.716. The van der Waals surface area contributed by atoms with Crippen molar-refractivity contribution in [1.29, 1.82) is 0 Å². The third-order valence-electron chi connectivity index (χ3n) is 3.15. The predicted molar refractivity (Wildman–Crippen MR) is 61.3 cm³/mol. The van der Waals surface area contributed by atoms with Gasteiger partial charge in [0.15, 0.2) is 6.23 Å². The summed E-state index contributed by atoms with van der Waals surface area (Å²) < 4.78 is 12.0. The van der Waals surface area contributed by atoms with Crippen molar-refractivity contribution in [1.82, 2.24) is 9.55 Å². The van der Waals surface area contributed by atoms with Crippen LogP contribution in [0.2, 0.25) is 0 Å². The molecular formula is C11H14N2O5. The van der Waals surface area contributed by atoms with E-state index < -0.39 is 29.7 Å². The van der Waals surface area contributed by atoms with Crippen molar-refractivity contribution >= 4 is 6.29 Å². The van der Waals surface area contributed by atoms with Crippen molar-refractivity contribution in [3.63, 3.8) is 0 Å². The number of carbonyl (C=O) groups is 1. The van der Waals surface area contributed by atoms with E-state index in [2.05, 4.69) is 4.98 Å². The Labute approximate surface area is 102 Å². The first-order chi connectivity index (χ1) is 8.58. The maximum Gasteiger partial charge on any atom is 0.330 e. The average Bonchev–Trinajstić information content (AvgIpc) is 2.65. The molecule has 1 N–H and O–H groups in total. The van der Waals surface area contributed by atoms with Gasteiger partial charge in [-0.05, 0) is 0 Å². The molecule has 0 saturated carbocycles. The Hall–Kier alpha value is -1.73. The summed E-state index contributed by atoms with van der Waals surface area (Å²) in [6.45, 7) is 1.81. The maximum atomic E-state index is 11.7. The van der Waals surface area contributed by atoms with Crippen molar-refractivity contribution in [2.75, 3.05) is 7.11 Å². The van der Waals surface area contributed by atoms with Crippen molar-refractivity contribution < 1.29 is 14.3 Å². The number of aldehydes is 1. The van der Waals surface area contributed by atoms with Gasteiger partial charge in [0, 0.05) is 25.3 Å². The van der Waals surface area contributed by atoms with Gasteiger partial charge in [-0.15, -0.1) is 0 Å². The van der Waals surface area contributed by atoms with Gasteiger partial charge >= 0.3 is 5.69 Å². The lowest BCUT2D eigenvalue weighted by Crippen LogP contribution is -2.36. The van der Waals surface area contributed by atoms with E-state index in [1.54, 1.807) is 0 Å². The van der Waals surface area contributed by atoms with Crippen LogP contribution in [0.25, 0.3) is 0 Å². The number of ether oxygens (including phenoxy) is 2. The molecule has 98 valence electrons. The number of nitrogens with zero attached hydrogens (tertiary/aromatic N) is 1. The van der Waals surface area contributed by atoms with E-state index in [-0.39, 0.29) is 5.92 Å². The molecule has 0 amide bonds. The highest BCUT2D eigenvalue weighted by Gasteiger charge is 2.43. The first-order valence-corrected chi connectivity index (χ1v) is 5.53. The van der Waals surface area contributed by atoms with Gasteiger partial charge in [0.25, 0.3) is 5.56 Å². The summed E-state index contributed by atoms with van der Waals surface area (Å²) in [5, 5.41) is 0. The van der Waals surface area contributed by atoms with Crippen LogP contribution in [0.4, 0.5) is 0 Å². The second kappa shape index (κ2) is 4.87. The SMILES string of the molecule is CO[C@H]1C(C)[C@@H](C=O)O[C@H]1n1ccc(=O)[nH]c1=O. The molecule has 0 radical (unpaired) electrons. The second-order valence-corrected chi connectivity index (χ2v) is 4.20. The average molecular weight is 254 g/mol. The van der Waals surface area contributed by atoms with Gasteiger partial charge in [0.2, 0.25) is 0 Å². The summed E-state index contributed by atoms with van der Waals surface area (Å²) in [5.74, 6) is -0.170. The minimum Gasteiger partial charge on any atom is -0.376 e. The molecule has 18 heavy (non-hydrogen) atoms.